The van der Waals surface area contributed by atoms with Crippen LogP contribution >= 0.6 is 0 Å². The summed E-state index contributed by atoms with van der Waals surface area (Å²) in [6, 6.07) is 19.8. The number of likely N-dealkylation sites (N-methyl/N-ethyl adjacent to an activating group) is 1. The molecular formula is C22H24N4O. The molecule has 0 aliphatic heterocycles. The van der Waals surface area contributed by atoms with Crippen LogP contribution in [0.25, 0.3) is 11.8 Å². The highest BCUT2D eigenvalue weighted by Crippen LogP contribution is 2.14. The molecule has 0 bridgehead atoms. The smallest absolute Gasteiger partial charge is 0.244 e. The van der Waals surface area contributed by atoms with E-state index in [1.54, 1.807) is 23.0 Å². The Morgan fingerprint density at radius 3 is 2.44 bits per heavy atom. The fraction of sp³-hybridized carbons (Fsp3) is 0.182. The predicted octanol–water partition coefficient (Wildman–Crippen LogP) is 3.30. The largest absolute Gasteiger partial charge is 0.344 e. The van der Waals surface area contributed by atoms with Gasteiger partial charge in [-0.3, -0.25) is 4.79 Å². The lowest BCUT2D eigenvalue weighted by Gasteiger charge is -2.22. The zero-order valence-electron chi connectivity index (χ0n) is 15.6. The number of rotatable bonds is 7. The quantitative estimate of drug-likeness (QED) is 0.658. The fourth-order valence-electron chi connectivity index (χ4n) is 2.82. The van der Waals surface area contributed by atoms with Crippen LogP contribution in [0.1, 0.15) is 17.2 Å². The molecule has 0 aliphatic rings. The molecule has 0 saturated carbocycles. The molecule has 0 saturated heterocycles. The van der Waals surface area contributed by atoms with Crippen LogP contribution in [0.15, 0.2) is 79.1 Å². The molecule has 1 heterocycles. The number of nitrogens with one attached hydrogen (secondary N) is 1. The molecule has 1 N–H and O–H groups in total. The number of hydrogen-bond donors (Lipinski definition) is 1. The van der Waals surface area contributed by atoms with E-state index in [-0.39, 0.29) is 11.9 Å². The van der Waals surface area contributed by atoms with E-state index in [2.05, 4.69) is 15.3 Å². The summed E-state index contributed by atoms with van der Waals surface area (Å²) in [6.45, 7) is 0.732. The maximum atomic E-state index is 12.4. The summed E-state index contributed by atoms with van der Waals surface area (Å²) in [5.74, 6) is -0.127. The number of amides is 1. The SMILES string of the molecule is CN(C)CC(NC(=O)/C=C/c1cnn(-c2ccccc2)c1)c1ccccc1. The van der Waals surface area contributed by atoms with E-state index in [1.807, 2.05) is 81.0 Å². The molecule has 3 aromatic rings. The average Bonchev–Trinajstić information content (AvgIpc) is 3.16. The molecule has 1 aromatic heterocycles. The molecule has 3 rings (SSSR count). The van der Waals surface area contributed by atoms with Crippen molar-refractivity contribution < 1.29 is 4.79 Å². The van der Waals surface area contributed by atoms with E-state index in [1.165, 1.54) is 0 Å². The van der Waals surface area contributed by atoms with Crippen LogP contribution in [0.4, 0.5) is 0 Å². The Balaban J connectivity index is 1.66. The van der Waals surface area contributed by atoms with Gasteiger partial charge in [0.1, 0.15) is 0 Å². The second-order valence-corrected chi connectivity index (χ2v) is 6.62. The first kappa shape index (κ1) is 18.6. The first-order valence-corrected chi connectivity index (χ1v) is 8.90. The minimum atomic E-state index is -0.127. The maximum Gasteiger partial charge on any atom is 0.244 e. The number of carbonyl (C=O) groups is 1. The lowest BCUT2D eigenvalue weighted by atomic mass is 10.1. The summed E-state index contributed by atoms with van der Waals surface area (Å²) < 4.78 is 1.79. The van der Waals surface area contributed by atoms with Crippen LogP contribution in [0.2, 0.25) is 0 Å². The standard InChI is InChI=1S/C22H24N4O/c1-25(2)17-21(19-9-5-3-6-10-19)24-22(27)14-13-18-15-23-26(16-18)20-11-7-4-8-12-20/h3-16,21H,17H2,1-2H3,(H,24,27)/b14-13+. The van der Waals surface area contributed by atoms with Crippen molar-refractivity contribution in [1.82, 2.24) is 20.0 Å². The molecule has 5 heteroatoms. The molecular weight excluding hydrogens is 336 g/mol. The van der Waals surface area contributed by atoms with Gasteiger partial charge < -0.3 is 10.2 Å². The number of carbonyl (C=O) groups excluding carboxylic acids is 1. The van der Waals surface area contributed by atoms with Crippen molar-refractivity contribution >= 4 is 12.0 Å². The van der Waals surface area contributed by atoms with Crippen LogP contribution in [0.3, 0.4) is 0 Å². The summed E-state index contributed by atoms with van der Waals surface area (Å²) in [6.07, 6.45) is 6.97. The zero-order chi connectivity index (χ0) is 19.1. The van der Waals surface area contributed by atoms with E-state index >= 15 is 0 Å². The van der Waals surface area contributed by atoms with Crippen molar-refractivity contribution in [1.29, 1.82) is 0 Å². The van der Waals surface area contributed by atoms with Crippen molar-refractivity contribution in [3.05, 3.63) is 90.3 Å². The second kappa shape index (κ2) is 8.96. The van der Waals surface area contributed by atoms with Crippen LogP contribution in [-0.4, -0.2) is 41.2 Å². The molecule has 138 valence electrons. The molecule has 0 aliphatic carbocycles. The average molecular weight is 360 g/mol. The molecule has 27 heavy (non-hydrogen) atoms. The van der Waals surface area contributed by atoms with E-state index in [4.69, 9.17) is 0 Å². The van der Waals surface area contributed by atoms with E-state index < -0.39 is 0 Å². The van der Waals surface area contributed by atoms with Gasteiger partial charge >= 0.3 is 0 Å². The first-order valence-electron chi connectivity index (χ1n) is 8.90. The number of nitrogens with zero attached hydrogens (tertiary/aromatic N) is 3. The lowest BCUT2D eigenvalue weighted by molar-refractivity contribution is -0.117. The molecule has 2 aromatic carbocycles. The van der Waals surface area contributed by atoms with Gasteiger partial charge in [-0.1, -0.05) is 48.5 Å². The highest BCUT2D eigenvalue weighted by Gasteiger charge is 2.14. The Morgan fingerprint density at radius 1 is 1.11 bits per heavy atom. The number of aromatic nitrogens is 2. The fourth-order valence-corrected chi connectivity index (χ4v) is 2.82. The van der Waals surface area contributed by atoms with Crippen molar-refractivity contribution in [2.24, 2.45) is 0 Å². The zero-order valence-corrected chi connectivity index (χ0v) is 15.6. The van der Waals surface area contributed by atoms with Crippen LogP contribution < -0.4 is 5.32 Å². The number of hydrogen-bond acceptors (Lipinski definition) is 3. The Hall–Kier alpha value is -3.18. The minimum Gasteiger partial charge on any atom is -0.344 e. The van der Waals surface area contributed by atoms with Gasteiger partial charge in [-0.05, 0) is 37.9 Å². The molecule has 1 atom stereocenters. The van der Waals surface area contributed by atoms with Gasteiger partial charge in [0.2, 0.25) is 5.91 Å². The summed E-state index contributed by atoms with van der Waals surface area (Å²) >= 11 is 0. The lowest BCUT2D eigenvalue weighted by Crippen LogP contribution is -2.34. The Kier molecular flexibility index (Phi) is 6.18. The Bertz CT molecular complexity index is 885. The van der Waals surface area contributed by atoms with Crippen molar-refractivity contribution in [3.63, 3.8) is 0 Å². The molecule has 5 nitrogen and oxygen atoms in total. The number of benzene rings is 2. The van der Waals surface area contributed by atoms with Gasteiger partial charge in [0.15, 0.2) is 0 Å². The second-order valence-electron chi connectivity index (χ2n) is 6.62. The minimum absolute atomic E-state index is 0.0645. The summed E-state index contributed by atoms with van der Waals surface area (Å²) in [4.78, 5) is 14.5. The van der Waals surface area contributed by atoms with E-state index in [0.717, 1.165) is 23.4 Å². The molecule has 1 unspecified atom stereocenters. The van der Waals surface area contributed by atoms with Crippen molar-refractivity contribution in [2.45, 2.75) is 6.04 Å². The molecule has 0 fully saturated rings. The monoisotopic (exact) mass is 360 g/mol. The summed E-state index contributed by atoms with van der Waals surface area (Å²) in [7, 11) is 3.99. The normalized spacial score (nSPS) is 12.4. The van der Waals surface area contributed by atoms with Gasteiger partial charge in [-0.2, -0.15) is 5.10 Å². The van der Waals surface area contributed by atoms with Gasteiger partial charge in [-0.25, -0.2) is 4.68 Å². The highest BCUT2D eigenvalue weighted by molar-refractivity contribution is 5.91. The van der Waals surface area contributed by atoms with Gasteiger partial charge in [0.05, 0.1) is 17.9 Å². The van der Waals surface area contributed by atoms with Gasteiger partial charge in [-0.15, -0.1) is 0 Å². The van der Waals surface area contributed by atoms with Gasteiger partial charge in [0, 0.05) is 24.4 Å². The third-order valence-corrected chi connectivity index (χ3v) is 4.12. The van der Waals surface area contributed by atoms with E-state index in [0.29, 0.717) is 0 Å². The van der Waals surface area contributed by atoms with Crippen LogP contribution in [0, 0.1) is 0 Å². The van der Waals surface area contributed by atoms with Crippen LogP contribution in [0.5, 0.6) is 0 Å². The summed E-state index contributed by atoms with van der Waals surface area (Å²) in [5.41, 5.74) is 2.94. The topological polar surface area (TPSA) is 50.2 Å². The van der Waals surface area contributed by atoms with E-state index in [9.17, 15) is 4.79 Å². The third kappa shape index (κ3) is 5.39. The van der Waals surface area contributed by atoms with Gasteiger partial charge in [0.25, 0.3) is 0 Å². The highest BCUT2D eigenvalue weighted by atomic mass is 16.1. The Morgan fingerprint density at radius 2 is 1.78 bits per heavy atom. The number of para-hydroxylation sites is 1. The van der Waals surface area contributed by atoms with Crippen molar-refractivity contribution in [3.8, 4) is 5.69 Å². The Labute approximate surface area is 159 Å². The predicted molar refractivity (Wildman–Crippen MR) is 108 cm³/mol. The molecule has 0 radical (unpaired) electrons. The molecule has 1 amide bonds. The maximum absolute atomic E-state index is 12.4. The first-order chi connectivity index (χ1) is 13.1. The van der Waals surface area contributed by atoms with Crippen molar-refractivity contribution in [2.75, 3.05) is 20.6 Å². The molecule has 0 spiro atoms. The summed E-state index contributed by atoms with van der Waals surface area (Å²) in [5, 5.41) is 7.42. The van der Waals surface area contributed by atoms with Crippen LogP contribution in [-0.2, 0) is 4.79 Å². The third-order valence-electron chi connectivity index (χ3n) is 4.12.